The van der Waals surface area contributed by atoms with Gasteiger partial charge in [-0.05, 0) is 0 Å². The van der Waals surface area contributed by atoms with E-state index in [1.807, 2.05) is 0 Å². The van der Waals surface area contributed by atoms with Crippen LogP contribution in [0.15, 0.2) is 4.99 Å². The lowest BCUT2D eigenvalue weighted by Gasteiger charge is -2.01. The molecule has 0 aromatic rings. The average molecular weight is 101 g/mol. The van der Waals surface area contributed by atoms with Crippen LogP contribution in [-0.2, 0) is 9.47 Å². The van der Waals surface area contributed by atoms with E-state index in [-0.39, 0.29) is 6.73 Å². The molecule has 0 aliphatic carbocycles. The first-order valence-corrected chi connectivity index (χ1v) is 1.71. The Balaban J connectivity index is 2.47. The zero-order valence-corrected chi connectivity index (χ0v) is 3.46. The third-order valence-corrected chi connectivity index (χ3v) is 0.480. The lowest BCUT2D eigenvalue weighted by atomic mass is 11.1. The lowest BCUT2D eigenvalue weighted by Crippen LogP contribution is -2.11. The van der Waals surface area contributed by atoms with Crippen molar-refractivity contribution in [1.82, 2.24) is 0 Å². The first-order valence-electron chi connectivity index (χ1n) is 1.71. The molecule has 0 fully saturated rings. The maximum Gasteiger partial charge on any atom is 0.516 e. The number of cyclic esters (lactones) is 2. The van der Waals surface area contributed by atoms with Crippen molar-refractivity contribution in [1.29, 1.82) is 0 Å². The minimum Gasteiger partial charge on any atom is -0.411 e. The Kier molecular flexibility index (Phi) is 0.934. The van der Waals surface area contributed by atoms with Gasteiger partial charge in [0.2, 0.25) is 0 Å². The van der Waals surface area contributed by atoms with E-state index in [2.05, 4.69) is 14.5 Å². The van der Waals surface area contributed by atoms with Gasteiger partial charge in [-0.1, -0.05) is 0 Å². The van der Waals surface area contributed by atoms with Crippen LogP contribution in [0.4, 0.5) is 4.79 Å². The molecule has 1 rings (SSSR count). The highest BCUT2D eigenvalue weighted by molar-refractivity contribution is 5.72. The van der Waals surface area contributed by atoms with E-state index >= 15 is 0 Å². The van der Waals surface area contributed by atoms with Gasteiger partial charge < -0.3 is 9.47 Å². The zero-order chi connectivity index (χ0) is 5.11. The highest BCUT2D eigenvalue weighted by Crippen LogP contribution is 1.87. The van der Waals surface area contributed by atoms with Gasteiger partial charge in [-0.2, -0.15) is 0 Å². The summed E-state index contributed by atoms with van der Waals surface area (Å²) in [5.74, 6) is 0. The van der Waals surface area contributed by atoms with E-state index in [9.17, 15) is 4.79 Å². The number of carbonyl (C=O) groups excluding carboxylic acids is 1. The van der Waals surface area contributed by atoms with Crippen LogP contribution in [0, 0.1) is 0 Å². The van der Waals surface area contributed by atoms with Crippen LogP contribution in [-0.4, -0.2) is 19.3 Å². The van der Waals surface area contributed by atoms with Gasteiger partial charge >= 0.3 is 6.16 Å². The van der Waals surface area contributed by atoms with E-state index in [0.717, 1.165) is 6.40 Å². The van der Waals surface area contributed by atoms with Gasteiger partial charge in [-0.25, -0.2) is 9.79 Å². The molecule has 0 atom stereocenters. The molecule has 1 heterocycles. The van der Waals surface area contributed by atoms with Gasteiger partial charge in [0.15, 0.2) is 13.1 Å². The maximum atomic E-state index is 9.93. The number of hydrogen-bond donors (Lipinski definition) is 0. The predicted octanol–water partition coefficient (Wildman–Crippen LogP) is 0.139. The van der Waals surface area contributed by atoms with E-state index < -0.39 is 6.16 Å². The summed E-state index contributed by atoms with van der Waals surface area (Å²) in [7, 11) is 0. The molecule has 7 heavy (non-hydrogen) atoms. The highest BCUT2D eigenvalue weighted by Gasteiger charge is 2.02. The van der Waals surface area contributed by atoms with Crippen molar-refractivity contribution in [3.8, 4) is 0 Å². The second kappa shape index (κ2) is 1.59. The Morgan fingerprint density at radius 3 is 3.00 bits per heavy atom. The fourth-order valence-corrected chi connectivity index (χ4v) is 0.235. The Morgan fingerprint density at radius 2 is 2.71 bits per heavy atom. The zero-order valence-electron chi connectivity index (χ0n) is 3.46. The van der Waals surface area contributed by atoms with E-state index in [0.29, 0.717) is 0 Å². The lowest BCUT2D eigenvalue weighted by molar-refractivity contribution is 0.0900. The summed E-state index contributed by atoms with van der Waals surface area (Å²) < 4.78 is 8.34. The van der Waals surface area contributed by atoms with E-state index in [4.69, 9.17) is 0 Å². The summed E-state index contributed by atoms with van der Waals surface area (Å²) in [5.41, 5.74) is 0. The normalized spacial score (nSPS) is 18.0. The van der Waals surface area contributed by atoms with Gasteiger partial charge in [0, 0.05) is 0 Å². The molecule has 1 aliphatic heterocycles. The second-order valence-electron chi connectivity index (χ2n) is 0.929. The number of nitrogens with zero attached hydrogens (tertiary/aromatic N) is 1. The summed E-state index contributed by atoms with van der Waals surface area (Å²) in [6.07, 6.45) is 0.376. The van der Waals surface area contributed by atoms with Crippen molar-refractivity contribution < 1.29 is 14.3 Å². The minimum atomic E-state index is -0.685. The Bertz CT molecular complexity index is 109. The van der Waals surface area contributed by atoms with Crippen molar-refractivity contribution in [2.24, 2.45) is 4.99 Å². The summed E-state index contributed by atoms with van der Waals surface area (Å²) >= 11 is 0. The first kappa shape index (κ1) is 4.11. The highest BCUT2D eigenvalue weighted by atomic mass is 16.7. The van der Waals surface area contributed by atoms with Gasteiger partial charge in [-0.3, -0.25) is 0 Å². The topological polar surface area (TPSA) is 47.9 Å². The van der Waals surface area contributed by atoms with Crippen molar-refractivity contribution in [3.05, 3.63) is 0 Å². The fourth-order valence-electron chi connectivity index (χ4n) is 0.235. The molecule has 0 saturated heterocycles. The van der Waals surface area contributed by atoms with Crippen LogP contribution in [0.3, 0.4) is 0 Å². The van der Waals surface area contributed by atoms with Crippen LogP contribution in [0.2, 0.25) is 0 Å². The van der Waals surface area contributed by atoms with Crippen molar-refractivity contribution in [2.45, 2.75) is 0 Å². The average Bonchev–Trinajstić information content (AvgIpc) is 1.69. The predicted molar refractivity (Wildman–Crippen MR) is 20.9 cm³/mol. The molecule has 4 heteroatoms. The SMILES string of the molecule is O=C1OC=NCO1. The molecular weight excluding hydrogens is 98.0 g/mol. The number of ether oxygens (including phenoxy) is 2. The molecule has 0 radical (unpaired) electrons. The number of carbonyl (C=O) groups is 1. The molecule has 0 spiro atoms. The molecular formula is C3H3NO3. The minimum absolute atomic E-state index is 0.0822. The van der Waals surface area contributed by atoms with Crippen LogP contribution in [0.5, 0.6) is 0 Å². The standard InChI is InChI=1S/C3H3NO3/c5-3-6-1-4-2-7-3/h1H,2H2. The molecule has 0 aromatic carbocycles. The van der Waals surface area contributed by atoms with Crippen LogP contribution in [0.25, 0.3) is 0 Å². The molecule has 0 aromatic heterocycles. The second-order valence-corrected chi connectivity index (χ2v) is 0.929. The molecule has 4 nitrogen and oxygen atoms in total. The molecule has 0 amide bonds. The molecule has 0 N–H and O–H groups in total. The molecule has 0 saturated carbocycles. The van der Waals surface area contributed by atoms with E-state index in [1.54, 1.807) is 0 Å². The monoisotopic (exact) mass is 101 g/mol. The molecule has 38 valence electrons. The number of aliphatic imine (C=N–C) groups is 1. The molecule has 0 bridgehead atoms. The molecule has 1 aliphatic rings. The van der Waals surface area contributed by atoms with Crippen molar-refractivity contribution in [3.63, 3.8) is 0 Å². The largest absolute Gasteiger partial charge is 0.516 e. The first-order chi connectivity index (χ1) is 3.39. The summed E-state index contributed by atoms with van der Waals surface area (Å²) in [5, 5.41) is 0. The summed E-state index contributed by atoms with van der Waals surface area (Å²) in [4.78, 5) is 13.4. The van der Waals surface area contributed by atoms with E-state index in [1.165, 1.54) is 0 Å². The third-order valence-electron chi connectivity index (χ3n) is 0.480. The number of hydrogen-bond acceptors (Lipinski definition) is 4. The van der Waals surface area contributed by atoms with Gasteiger partial charge in [0.1, 0.15) is 0 Å². The third kappa shape index (κ3) is 0.887. The number of rotatable bonds is 0. The van der Waals surface area contributed by atoms with Gasteiger partial charge in [0.05, 0.1) is 0 Å². The van der Waals surface area contributed by atoms with Gasteiger partial charge in [0.25, 0.3) is 0 Å². The Hall–Kier alpha value is -1.06. The fraction of sp³-hybridized carbons (Fsp3) is 0.333. The van der Waals surface area contributed by atoms with Gasteiger partial charge in [-0.15, -0.1) is 0 Å². The van der Waals surface area contributed by atoms with Crippen LogP contribution < -0.4 is 0 Å². The Labute approximate surface area is 39.7 Å². The van der Waals surface area contributed by atoms with Crippen molar-refractivity contribution in [2.75, 3.05) is 6.73 Å². The Morgan fingerprint density at radius 1 is 1.86 bits per heavy atom. The van der Waals surface area contributed by atoms with Crippen molar-refractivity contribution >= 4 is 12.6 Å². The summed E-state index contributed by atoms with van der Waals surface area (Å²) in [6, 6.07) is 0. The molecule has 0 unspecified atom stereocenters. The van der Waals surface area contributed by atoms with Crippen LogP contribution in [0.1, 0.15) is 0 Å². The maximum absolute atomic E-state index is 9.93. The quantitative estimate of drug-likeness (QED) is 0.408. The smallest absolute Gasteiger partial charge is 0.411 e. The van der Waals surface area contributed by atoms with Crippen LogP contribution >= 0.6 is 0 Å². The summed E-state index contributed by atoms with van der Waals surface area (Å²) in [6.45, 7) is 0.0822.